The van der Waals surface area contributed by atoms with Gasteiger partial charge in [-0.25, -0.2) is 0 Å². The average molecular weight is 291 g/mol. The maximum absolute atomic E-state index is 10.7. The van der Waals surface area contributed by atoms with Crippen LogP contribution in [0.2, 0.25) is 0 Å². The first-order valence-corrected chi connectivity index (χ1v) is 7.84. The molecule has 0 aromatic carbocycles. The Bertz CT molecular complexity index is 177. The first kappa shape index (κ1) is 24.4. The van der Waals surface area contributed by atoms with Crippen LogP contribution < -0.4 is 0 Å². The Labute approximate surface area is 126 Å². The number of carbonyl (C=O) groups excluding carboxylic acids is 1. The highest BCUT2D eigenvalue weighted by Gasteiger charge is 1.98. The Morgan fingerprint density at radius 1 is 0.900 bits per heavy atom. The standard InChI is InChI=1S/C6H13NO.C6H14O2.C4H10/c1-4-5-6(8)7(2)3;1-4-7-6(3)8-5-2;1-3-4-2/h4-5H2,1-3H3;6H,4-5H2,1-3H3;3-4H2,1-2H3. The lowest BCUT2D eigenvalue weighted by Gasteiger charge is -2.09. The molecule has 0 unspecified atom stereocenters. The van der Waals surface area contributed by atoms with Gasteiger partial charge in [0.05, 0.1) is 0 Å². The van der Waals surface area contributed by atoms with Crippen LogP contribution in [0.5, 0.6) is 0 Å². The molecule has 4 nitrogen and oxygen atoms in total. The number of unbranched alkanes of at least 4 members (excludes halogenated alkanes) is 1. The minimum atomic E-state index is -0.0370. The van der Waals surface area contributed by atoms with Crippen molar-refractivity contribution in [2.24, 2.45) is 0 Å². The third-order valence-electron chi connectivity index (χ3n) is 2.27. The number of ether oxygens (including phenoxy) is 2. The Kier molecular flexibility index (Phi) is 25.3. The summed E-state index contributed by atoms with van der Waals surface area (Å²) < 4.78 is 10.1. The molecule has 0 aromatic heterocycles. The van der Waals surface area contributed by atoms with Crippen molar-refractivity contribution in [3.8, 4) is 0 Å². The van der Waals surface area contributed by atoms with Crippen LogP contribution >= 0.6 is 0 Å². The molecule has 1 amide bonds. The maximum Gasteiger partial charge on any atom is 0.222 e. The number of nitrogens with zero attached hydrogens (tertiary/aromatic N) is 1. The van der Waals surface area contributed by atoms with Crippen molar-refractivity contribution >= 4 is 5.91 Å². The van der Waals surface area contributed by atoms with Gasteiger partial charge in [-0.1, -0.05) is 33.6 Å². The van der Waals surface area contributed by atoms with Crippen molar-refractivity contribution in [2.75, 3.05) is 27.3 Å². The lowest BCUT2D eigenvalue weighted by atomic mass is 10.3. The Morgan fingerprint density at radius 3 is 1.45 bits per heavy atom. The molecule has 0 aliphatic rings. The van der Waals surface area contributed by atoms with Gasteiger partial charge < -0.3 is 14.4 Å². The normalized spacial score (nSPS) is 9.25. The molecule has 0 radical (unpaired) electrons. The monoisotopic (exact) mass is 291 g/mol. The second kappa shape index (κ2) is 20.7. The molecular formula is C16H37NO3. The molecular weight excluding hydrogens is 254 g/mol. The topological polar surface area (TPSA) is 38.8 Å². The van der Waals surface area contributed by atoms with Gasteiger partial charge in [-0.3, -0.25) is 4.79 Å². The highest BCUT2D eigenvalue weighted by atomic mass is 16.7. The third-order valence-corrected chi connectivity index (χ3v) is 2.27. The van der Waals surface area contributed by atoms with Crippen molar-refractivity contribution in [2.45, 2.75) is 73.5 Å². The van der Waals surface area contributed by atoms with E-state index in [0.29, 0.717) is 6.42 Å². The van der Waals surface area contributed by atoms with Gasteiger partial charge in [-0.05, 0) is 27.2 Å². The summed E-state index contributed by atoms with van der Waals surface area (Å²) in [5, 5.41) is 0. The smallest absolute Gasteiger partial charge is 0.222 e. The molecule has 0 saturated heterocycles. The SMILES string of the molecule is CCCC.CCCC(=O)N(C)C.CCOC(C)OCC. The number of hydrogen-bond acceptors (Lipinski definition) is 3. The van der Waals surface area contributed by atoms with E-state index in [0.717, 1.165) is 19.6 Å². The highest BCUT2D eigenvalue weighted by molar-refractivity contribution is 5.75. The largest absolute Gasteiger partial charge is 0.353 e. The summed E-state index contributed by atoms with van der Waals surface area (Å²) >= 11 is 0. The summed E-state index contributed by atoms with van der Waals surface area (Å²) in [5.41, 5.74) is 0. The molecule has 0 fully saturated rings. The Balaban J connectivity index is -0.000000230. The van der Waals surface area contributed by atoms with Gasteiger partial charge in [0.15, 0.2) is 6.29 Å². The van der Waals surface area contributed by atoms with Crippen LogP contribution in [-0.4, -0.2) is 44.4 Å². The molecule has 0 aliphatic carbocycles. The first-order chi connectivity index (χ1) is 9.40. The second-order valence-electron chi connectivity index (χ2n) is 4.52. The fourth-order valence-corrected chi connectivity index (χ4v) is 0.955. The van der Waals surface area contributed by atoms with Crippen LogP contribution in [0, 0.1) is 0 Å². The van der Waals surface area contributed by atoms with Gasteiger partial charge in [-0.2, -0.15) is 0 Å². The molecule has 4 heteroatoms. The molecule has 20 heavy (non-hydrogen) atoms. The van der Waals surface area contributed by atoms with Crippen LogP contribution in [0.4, 0.5) is 0 Å². The highest BCUT2D eigenvalue weighted by Crippen LogP contribution is 1.90. The molecule has 0 spiro atoms. The van der Waals surface area contributed by atoms with E-state index in [1.54, 1.807) is 19.0 Å². The van der Waals surface area contributed by atoms with Crippen molar-refractivity contribution in [3.63, 3.8) is 0 Å². The first-order valence-electron chi connectivity index (χ1n) is 7.84. The minimum Gasteiger partial charge on any atom is -0.353 e. The van der Waals surface area contributed by atoms with Crippen molar-refractivity contribution in [1.29, 1.82) is 0 Å². The maximum atomic E-state index is 10.7. The predicted octanol–water partition coefficient (Wildman–Crippen LogP) is 4.09. The summed E-state index contributed by atoms with van der Waals surface area (Å²) in [4.78, 5) is 12.3. The zero-order valence-electron chi connectivity index (χ0n) is 15.0. The predicted molar refractivity (Wildman–Crippen MR) is 86.9 cm³/mol. The van der Waals surface area contributed by atoms with Crippen molar-refractivity contribution in [1.82, 2.24) is 4.90 Å². The molecule has 0 aliphatic heterocycles. The summed E-state index contributed by atoms with van der Waals surface area (Å²) in [7, 11) is 3.55. The Morgan fingerprint density at radius 2 is 1.30 bits per heavy atom. The van der Waals surface area contributed by atoms with Crippen LogP contribution in [-0.2, 0) is 14.3 Å². The average Bonchev–Trinajstić information content (AvgIpc) is 2.40. The van der Waals surface area contributed by atoms with E-state index in [9.17, 15) is 4.79 Å². The van der Waals surface area contributed by atoms with E-state index >= 15 is 0 Å². The quantitative estimate of drug-likeness (QED) is 0.663. The van der Waals surface area contributed by atoms with Gasteiger partial charge in [0, 0.05) is 33.7 Å². The second-order valence-corrected chi connectivity index (χ2v) is 4.52. The van der Waals surface area contributed by atoms with Crippen LogP contribution in [0.1, 0.15) is 67.2 Å². The molecule has 0 N–H and O–H groups in total. The molecule has 0 heterocycles. The van der Waals surface area contributed by atoms with Crippen LogP contribution in [0.15, 0.2) is 0 Å². The summed E-state index contributed by atoms with van der Waals surface area (Å²) in [5.74, 6) is 0.215. The number of rotatable bonds is 7. The summed E-state index contributed by atoms with van der Waals surface area (Å²) in [6.45, 7) is 13.6. The van der Waals surface area contributed by atoms with Gasteiger partial charge in [0.25, 0.3) is 0 Å². The van der Waals surface area contributed by atoms with Gasteiger partial charge >= 0.3 is 0 Å². The molecule has 0 saturated carbocycles. The molecule has 124 valence electrons. The van der Waals surface area contributed by atoms with Crippen molar-refractivity contribution < 1.29 is 14.3 Å². The molecule has 0 bridgehead atoms. The molecule has 0 rings (SSSR count). The van der Waals surface area contributed by atoms with E-state index in [2.05, 4.69) is 13.8 Å². The number of hydrogen-bond donors (Lipinski definition) is 0. The molecule has 0 aromatic rings. The van der Waals surface area contributed by atoms with E-state index < -0.39 is 0 Å². The van der Waals surface area contributed by atoms with E-state index in [4.69, 9.17) is 9.47 Å². The van der Waals surface area contributed by atoms with Crippen LogP contribution in [0.25, 0.3) is 0 Å². The minimum absolute atomic E-state index is 0.0370. The van der Waals surface area contributed by atoms with Crippen LogP contribution in [0.3, 0.4) is 0 Å². The number of amides is 1. The third kappa shape index (κ3) is 26.1. The zero-order valence-corrected chi connectivity index (χ0v) is 15.0. The zero-order chi connectivity index (χ0) is 16.4. The summed E-state index contributed by atoms with van der Waals surface area (Å²) in [6, 6.07) is 0. The fourth-order valence-electron chi connectivity index (χ4n) is 0.955. The molecule has 0 atom stereocenters. The van der Waals surface area contributed by atoms with Gasteiger partial charge in [-0.15, -0.1) is 0 Å². The lowest BCUT2D eigenvalue weighted by Crippen LogP contribution is -2.20. The fraction of sp³-hybridized carbons (Fsp3) is 0.938. The summed E-state index contributed by atoms with van der Waals surface area (Å²) in [6.07, 6.45) is 4.22. The lowest BCUT2D eigenvalue weighted by molar-refractivity contribution is -0.128. The Hall–Kier alpha value is -0.610. The van der Waals surface area contributed by atoms with Gasteiger partial charge in [0.2, 0.25) is 5.91 Å². The van der Waals surface area contributed by atoms with Crippen molar-refractivity contribution in [3.05, 3.63) is 0 Å². The van der Waals surface area contributed by atoms with Gasteiger partial charge in [0.1, 0.15) is 0 Å². The van der Waals surface area contributed by atoms with E-state index in [-0.39, 0.29) is 12.2 Å². The number of carbonyl (C=O) groups is 1. The van der Waals surface area contributed by atoms with E-state index in [1.807, 2.05) is 27.7 Å². The van der Waals surface area contributed by atoms with E-state index in [1.165, 1.54) is 12.8 Å².